The predicted molar refractivity (Wildman–Crippen MR) is 115 cm³/mol. The van der Waals surface area contributed by atoms with Gasteiger partial charge in [0.2, 0.25) is 5.91 Å². The number of aryl methyl sites for hydroxylation is 1. The normalized spacial score (nSPS) is 20.2. The van der Waals surface area contributed by atoms with Gasteiger partial charge in [-0.3, -0.25) is 14.5 Å². The third kappa shape index (κ3) is 5.06. The molecule has 2 aromatic rings. The van der Waals surface area contributed by atoms with E-state index < -0.39 is 17.7 Å². The summed E-state index contributed by atoms with van der Waals surface area (Å²) < 4.78 is 7.14. The third-order valence-corrected chi connectivity index (χ3v) is 4.82. The molecule has 1 aliphatic rings. The Morgan fingerprint density at radius 1 is 1.40 bits per heavy atom. The van der Waals surface area contributed by atoms with Crippen LogP contribution in [0, 0.1) is 5.92 Å². The maximum Gasteiger partial charge on any atom is 0.408 e. The minimum Gasteiger partial charge on any atom is -0.444 e. The van der Waals surface area contributed by atoms with Crippen molar-refractivity contribution in [1.82, 2.24) is 20.1 Å². The summed E-state index contributed by atoms with van der Waals surface area (Å²) in [5, 5.41) is 10.2. The number of fused-ring (bicyclic) bond motifs is 4. The zero-order valence-electron chi connectivity index (χ0n) is 18.1. The molecule has 2 N–H and O–H groups in total. The topological polar surface area (TPSA) is 98.1 Å². The van der Waals surface area contributed by atoms with Crippen LogP contribution in [0.3, 0.4) is 0 Å². The van der Waals surface area contributed by atoms with Gasteiger partial charge in [-0.25, -0.2) is 4.79 Å². The van der Waals surface area contributed by atoms with Crippen LogP contribution < -0.4 is 10.6 Å². The van der Waals surface area contributed by atoms with Crippen molar-refractivity contribution in [3.63, 3.8) is 0 Å². The van der Waals surface area contributed by atoms with E-state index in [-0.39, 0.29) is 11.8 Å². The molecular weight excluding hydrogens is 382 g/mol. The number of nitrogens with one attached hydrogen (secondary N) is 2. The molecule has 0 spiro atoms. The first-order valence-corrected chi connectivity index (χ1v) is 10.1. The van der Waals surface area contributed by atoms with Gasteiger partial charge in [-0.2, -0.15) is 5.10 Å². The lowest BCUT2D eigenvalue weighted by molar-refractivity contribution is -0.118. The number of nitrogens with zero attached hydrogens (tertiary/aromatic N) is 3. The van der Waals surface area contributed by atoms with Crippen molar-refractivity contribution in [2.75, 3.05) is 5.32 Å². The van der Waals surface area contributed by atoms with Crippen LogP contribution in [-0.4, -0.2) is 32.4 Å². The van der Waals surface area contributed by atoms with Crippen molar-refractivity contribution >= 4 is 17.7 Å². The van der Waals surface area contributed by atoms with Gasteiger partial charge < -0.3 is 15.4 Å². The smallest absolute Gasteiger partial charge is 0.408 e. The molecule has 0 radical (unpaired) electrons. The number of anilines is 1. The van der Waals surface area contributed by atoms with Crippen LogP contribution in [0.1, 0.15) is 52.3 Å². The van der Waals surface area contributed by atoms with Gasteiger partial charge in [0.15, 0.2) is 0 Å². The highest BCUT2D eigenvalue weighted by atomic mass is 16.6. The lowest BCUT2D eigenvalue weighted by Crippen LogP contribution is -2.35. The van der Waals surface area contributed by atoms with Gasteiger partial charge in [0.05, 0.1) is 35.2 Å². The molecule has 0 aliphatic carbocycles. The largest absolute Gasteiger partial charge is 0.444 e. The van der Waals surface area contributed by atoms with Crippen LogP contribution in [0.2, 0.25) is 0 Å². The molecule has 1 aliphatic heterocycles. The Kier molecular flexibility index (Phi) is 6.24. The van der Waals surface area contributed by atoms with Crippen LogP contribution in [0.25, 0.3) is 11.3 Å². The fourth-order valence-electron chi connectivity index (χ4n) is 3.37. The molecule has 0 saturated heterocycles. The molecule has 160 valence electrons. The van der Waals surface area contributed by atoms with Crippen LogP contribution in [-0.2, 0) is 16.6 Å². The average molecular weight is 412 g/mol. The van der Waals surface area contributed by atoms with E-state index in [9.17, 15) is 9.59 Å². The Morgan fingerprint density at radius 3 is 2.87 bits per heavy atom. The second-order valence-electron chi connectivity index (χ2n) is 8.37. The number of pyridine rings is 1. The quantitative estimate of drug-likeness (QED) is 0.729. The average Bonchev–Trinajstić information content (AvgIpc) is 3.02. The minimum absolute atomic E-state index is 0.0884. The highest BCUT2D eigenvalue weighted by molar-refractivity contribution is 5.96. The van der Waals surface area contributed by atoms with Crippen LogP contribution in [0.5, 0.6) is 0 Å². The summed E-state index contributed by atoms with van der Waals surface area (Å²) in [6.07, 6.45) is 7.76. The van der Waals surface area contributed by atoms with Crippen molar-refractivity contribution in [1.29, 1.82) is 0 Å². The van der Waals surface area contributed by atoms with Crippen molar-refractivity contribution in [2.45, 2.75) is 52.2 Å². The van der Waals surface area contributed by atoms with E-state index in [1.165, 1.54) is 0 Å². The molecule has 2 aromatic heterocycles. The summed E-state index contributed by atoms with van der Waals surface area (Å²) in [6, 6.07) is 3.37. The third-order valence-electron chi connectivity index (χ3n) is 4.82. The van der Waals surface area contributed by atoms with Crippen LogP contribution in [0.15, 0.2) is 36.7 Å². The maximum atomic E-state index is 12.8. The first-order chi connectivity index (χ1) is 14.2. The standard InChI is InChI=1S/C22H29N5O3/c1-6-14-8-7-9-16(26-21(29)30-22(2,3)4)17-12-15(10-11-23-17)19-18(25-20(14)28)13-24-27(19)5/h7-8,10-14,16H,6,9H2,1-5H3,(H,25,28)(H,26,29)/b8-7-/t14-,16?/m0/s1. The molecule has 3 heterocycles. The van der Waals surface area contributed by atoms with Gasteiger partial charge >= 0.3 is 6.09 Å². The minimum atomic E-state index is -0.602. The SMILES string of the molecule is CC[C@H]1/C=C\CC(NC(=O)OC(C)(C)C)c2cc(ccn2)-c2c(cnn2C)NC1=O. The Balaban J connectivity index is 2.03. The monoisotopic (exact) mass is 411 g/mol. The number of rotatable bonds is 2. The van der Waals surface area contributed by atoms with E-state index in [1.807, 2.05) is 59.0 Å². The van der Waals surface area contributed by atoms with E-state index in [2.05, 4.69) is 20.7 Å². The van der Waals surface area contributed by atoms with Gasteiger partial charge in [-0.15, -0.1) is 0 Å². The highest BCUT2D eigenvalue weighted by Crippen LogP contribution is 2.30. The number of carbonyl (C=O) groups excluding carboxylic acids is 2. The first kappa shape index (κ1) is 21.5. The zero-order valence-corrected chi connectivity index (χ0v) is 18.1. The van der Waals surface area contributed by atoms with Crippen molar-refractivity contribution in [3.8, 4) is 11.3 Å². The molecule has 0 aromatic carbocycles. The van der Waals surface area contributed by atoms with Gasteiger partial charge in [0.1, 0.15) is 5.60 Å². The molecule has 30 heavy (non-hydrogen) atoms. The zero-order chi connectivity index (χ0) is 21.9. The number of aromatic nitrogens is 3. The Labute approximate surface area is 176 Å². The second-order valence-corrected chi connectivity index (χ2v) is 8.37. The fraction of sp³-hybridized carbons (Fsp3) is 0.455. The van der Waals surface area contributed by atoms with Gasteiger partial charge in [-0.05, 0) is 45.7 Å². The summed E-state index contributed by atoms with van der Waals surface area (Å²) in [5.74, 6) is -0.375. The number of hydrogen-bond acceptors (Lipinski definition) is 5. The molecule has 2 amide bonds. The number of hydrogen-bond donors (Lipinski definition) is 2. The second kappa shape index (κ2) is 8.69. The lowest BCUT2D eigenvalue weighted by Gasteiger charge is -2.23. The number of amides is 2. The van der Waals surface area contributed by atoms with Crippen LogP contribution >= 0.6 is 0 Å². The van der Waals surface area contributed by atoms with Crippen molar-refractivity contribution in [3.05, 3.63) is 42.4 Å². The Bertz CT molecular complexity index is 958. The molecule has 8 heteroatoms. The molecule has 8 nitrogen and oxygen atoms in total. The van der Waals surface area contributed by atoms with E-state index >= 15 is 0 Å². The van der Waals surface area contributed by atoms with Gasteiger partial charge in [-0.1, -0.05) is 19.1 Å². The first-order valence-electron chi connectivity index (χ1n) is 10.1. The van der Waals surface area contributed by atoms with Gasteiger partial charge in [0.25, 0.3) is 0 Å². The molecule has 3 rings (SSSR count). The summed E-state index contributed by atoms with van der Waals surface area (Å²) >= 11 is 0. The van der Waals surface area contributed by atoms with Gasteiger partial charge in [0, 0.05) is 18.8 Å². The summed E-state index contributed by atoms with van der Waals surface area (Å²) in [4.78, 5) is 29.7. The Morgan fingerprint density at radius 2 is 2.17 bits per heavy atom. The molecule has 0 saturated carbocycles. The molecular formula is C22H29N5O3. The van der Waals surface area contributed by atoms with E-state index in [0.29, 0.717) is 24.2 Å². The predicted octanol–water partition coefficient (Wildman–Crippen LogP) is 3.97. The molecule has 2 atom stereocenters. The van der Waals surface area contributed by atoms with Crippen molar-refractivity contribution in [2.24, 2.45) is 13.0 Å². The lowest BCUT2D eigenvalue weighted by atomic mass is 10.00. The Hall–Kier alpha value is -3.16. The fourth-order valence-corrected chi connectivity index (χ4v) is 3.37. The molecule has 1 unspecified atom stereocenters. The van der Waals surface area contributed by atoms with Crippen molar-refractivity contribution < 1.29 is 14.3 Å². The van der Waals surface area contributed by atoms with E-state index in [0.717, 1.165) is 11.3 Å². The molecule has 0 fully saturated rings. The van der Waals surface area contributed by atoms with E-state index in [1.54, 1.807) is 17.1 Å². The maximum absolute atomic E-state index is 12.8. The molecule has 2 bridgehead atoms. The van der Waals surface area contributed by atoms with Crippen LogP contribution in [0.4, 0.5) is 10.5 Å². The van der Waals surface area contributed by atoms with E-state index in [4.69, 9.17) is 4.74 Å². The summed E-state index contributed by atoms with van der Waals surface area (Å²) in [7, 11) is 1.82. The number of carbonyl (C=O) groups is 2. The summed E-state index contributed by atoms with van der Waals surface area (Å²) in [5.41, 5.74) is 2.38. The highest BCUT2D eigenvalue weighted by Gasteiger charge is 2.24. The number of alkyl carbamates (subject to hydrolysis) is 1. The number of ether oxygens (including phenoxy) is 1. The summed E-state index contributed by atoms with van der Waals surface area (Å²) in [6.45, 7) is 7.42.